The van der Waals surface area contributed by atoms with Crippen LogP contribution in [0.25, 0.3) is 0 Å². The molecule has 0 spiro atoms. The fourth-order valence-corrected chi connectivity index (χ4v) is 3.98. The van der Waals surface area contributed by atoms with E-state index in [1.807, 2.05) is 23.4 Å². The molecule has 4 heteroatoms. The molecule has 0 unspecified atom stereocenters. The van der Waals surface area contributed by atoms with Gasteiger partial charge in [-0.25, -0.2) is 0 Å². The van der Waals surface area contributed by atoms with Gasteiger partial charge in [0.25, 0.3) is 0 Å². The van der Waals surface area contributed by atoms with E-state index in [0.717, 1.165) is 38.6 Å². The molecule has 0 N–H and O–H groups in total. The Labute approximate surface area is 139 Å². The lowest BCUT2D eigenvalue weighted by Gasteiger charge is -2.34. The van der Waals surface area contributed by atoms with Gasteiger partial charge in [-0.2, -0.15) is 0 Å². The second-order valence-corrected chi connectivity index (χ2v) is 6.86. The van der Waals surface area contributed by atoms with Crippen LogP contribution >= 0.6 is 0 Å². The minimum atomic E-state index is 0.247. The lowest BCUT2D eigenvalue weighted by Crippen LogP contribution is -2.37. The number of carbonyl (C=O) groups is 1. The Bertz CT molecular complexity index is 523. The number of likely N-dealkylation sites (tertiary alicyclic amines) is 2. The third kappa shape index (κ3) is 4.20. The molecule has 2 aliphatic rings. The van der Waals surface area contributed by atoms with Crippen molar-refractivity contribution >= 4 is 5.91 Å². The van der Waals surface area contributed by atoms with Crippen LogP contribution in [0.4, 0.5) is 0 Å². The Balaban J connectivity index is 1.44. The Morgan fingerprint density at radius 1 is 1.26 bits per heavy atom. The minimum Gasteiger partial charge on any atom is -0.342 e. The number of nitrogens with zero attached hydrogens (tertiary/aromatic N) is 3. The van der Waals surface area contributed by atoms with Crippen LogP contribution in [0.5, 0.6) is 0 Å². The van der Waals surface area contributed by atoms with Crippen LogP contribution in [-0.4, -0.2) is 46.9 Å². The summed E-state index contributed by atoms with van der Waals surface area (Å²) in [5.41, 5.74) is 1.30. The summed E-state index contributed by atoms with van der Waals surface area (Å²) >= 11 is 0. The maximum Gasteiger partial charge on any atom is 0.226 e. The van der Waals surface area contributed by atoms with Crippen LogP contribution in [0.2, 0.25) is 0 Å². The Morgan fingerprint density at radius 3 is 2.74 bits per heavy atom. The zero-order valence-corrected chi connectivity index (χ0v) is 13.9. The van der Waals surface area contributed by atoms with Gasteiger partial charge in [-0.1, -0.05) is 12.1 Å². The van der Waals surface area contributed by atoms with Crippen LogP contribution in [0, 0.1) is 11.8 Å². The van der Waals surface area contributed by atoms with E-state index >= 15 is 0 Å². The molecule has 1 aromatic rings. The molecule has 2 aliphatic heterocycles. The first-order valence-electron chi connectivity index (χ1n) is 8.76. The molecule has 0 radical (unpaired) electrons. The average Bonchev–Trinajstić information content (AvgIpc) is 3.07. The fourth-order valence-electron chi connectivity index (χ4n) is 3.98. The van der Waals surface area contributed by atoms with E-state index in [0.29, 0.717) is 12.3 Å². The Morgan fingerprint density at radius 2 is 2.04 bits per heavy atom. The van der Waals surface area contributed by atoms with Crippen LogP contribution in [0.15, 0.2) is 37.2 Å². The summed E-state index contributed by atoms with van der Waals surface area (Å²) in [5, 5.41) is 0. The first kappa shape index (κ1) is 16.2. The quantitative estimate of drug-likeness (QED) is 0.784. The predicted octanol–water partition coefficient (Wildman–Crippen LogP) is 2.72. The van der Waals surface area contributed by atoms with Gasteiger partial charge in [-0.3, -0.25) is 14.7 Å². The van der Waals surface area contributed by atoms with Gasteiger partial charge < -0.3 is 4.90 Å². The maximum atomic E-state index is 12.0. The Hall–Kier alpha value is -1.68. The van der Waals surface area contributed by atoms with E-state index in [-0.39, 0.29) is 5.91 Å². The van der Waals surface area contributed by atoms with Crippen molar-refractivity contribution in [1.29, 1.82) is 0 Å². The molecule has 2 saturated heterocycles. The van der Waals surface area contributed by atoms with Crippen molar-refractivity contribution in [3.63, 3.8) is 0 Å². The molecule has 1 amide bonds. The number of hydrogen-bond acceptors (Lipinski definition) is 3. The third-order valence-corrected chi connectivity index (χ3v) is 5.32. The summed E-state index contributed by atoms with van der Waals surface area (Å²) in [4.78, 5) is 20.7. The van der Waals surface area contributed by atoms with Crippen LogP contribution in [0.3, 0.4) is 0 Å². The molecular formula is C19H27N3O. The second kappa shape index (κ2) is 7.73. The summed E-state index contributed by atoms with van der Waals surface area (Å²) in [6.45, 7) is 8.90. The first-order valence-corrected chi connectivity index (χ1v) is 8.76. The smallest absolute Gasteiger partial charge is 0.226 e. The van der Waals surface area contributed by atoms with Crippen molar-refractivity contribution in [3.8, 4) is 0 Å². The maximum absolute atomic E-state index is 12.0. The van der Waals surface area contributed by atoms with Crippen LogP contribution in [0.1, 0.15) is 31.2 Å². The van der Waals surface area contributed by atoms with Gasteiger partial charge in [0.1, 0.15) is 0 Å². The number of pyridine rings is 1. The van der Waals surface area contributed by atoms with Gasteiger partial charge in [-0.15, -0.1) is 6.58 Å². The topological polar surface area (TPSA) is 36.4 Å². The average molecular weight is 313 g/mol. The fraction of sp³-hybridized carbons (Fsp3) is 0.579. The minimum absolute atomic E-state index is 0.247. The van der Waals surface area contributed by atoms with Crippen LogP contribution < -0.4 is 0 Å². The zero-order chi connectivity index (χ0) is 16.1. The molecule has 0 bridgehead atoms. The van der Waals surface area contributed by atoms with Gasteiger partial charge in [-0.05, 0) is 55.8 Å². The number of piperidine rings is 1. The number of hydrogen-bond donors (Lipinski definition) is 0. The van der Waals surface area contributed by atoms with E-state index in [9.17, 15) is 4.79 Å². The summed E-state index contributed by atoms with van der Waals surface area (Å²) < 4.78 is 0. The molecule has 23 heavy (non-hydrogen) atoms. The SMILES string of the molecule is C=CCC(=O)N1CC[C@@H](C2CCN(Cc3cccnc3)CC2)C1. The third-order valence-electron chi connectivity index (χ3n) is 5.32. The van der Waals surface area contributed by atoms with Gasteiger partial charge >= 0.3 is 0 Å². The van der Waals surface area contributed by atoms with Gasteiger partial charge in [0.05, 0.1) is 0 Å². The molecule has 0 saturated carbocycles. The van der Waals surface area contributed by atoms with E-state index in [1.54, 1.807) is 6.08 Å². The zero-order valence-electron chi connectivity index (χ0n) is 13.9. The van der Waals surface area contributed by atoms with E-state index in [4.69, 9.17) is 0 Å². The largest absolute Gasteiger partial charge is 0.342 e. The summed E-state index contributed by atoms with van der Waals surface area (Å²) in [5.74, 6) is 1.72. The van der Waals surface area contributed by atoms with Crippen molar-refractivity contribution in [1.82, 2.24) is 14.8 Å². The van der Waals surface area contributed by atoms with Crippen molar-refractivity contribution in [2.75, 3.05) is 26.2 Å². The van der Waals surface area contributed by atoms with Gasteiger partial charge in [0.15, 0.2) is 0 Å². The molecule has 2 fully saturated rings. The number of aromatic nitrogens is 1. The molecule has 3 rings (SSSR count). The van der Waals surface area contributed by atoms with Gasteiger partial charge in [0, 0.05) is 38.4 Å². The Kier molecular flexibility index (Phi) is 5.44. The molecule has 1 atom stereocenters. The van der Waals surface area contributed by atoms with E-state index < -0.39 is 0 Å². The first-order chi connectivity index (χ1) is 11.3. The number of rotatable bonds is 5. The van der Waals surface area contributed by atoms with Crippen LogP contribution in [-0.2, 0) is 11.3 Å². The number of amides is 1. The highest BCUT2D eigenvalue weighted by Gasteiger charge is 2.33. The lowest BCUT2D eigenvalue weighted by molar-refractivity contribution is -0.129. The van der Waals surface area contributed by atoms with Crippen molar-refractivity contribution in [3.05, 3.63) is 42.7 Å². The highest BCUT2D eigenvalue weighted by Crippen LogP contribution is 2.32. The molecule has 0 aromatic carbocycles. The van der Waals surface area contributed by atoms with E-state index in [1.165, 1.54) is 24.8 Å². The molecule has 0 aliphatic carbocycles. The normalized spacial score (nSPS) is 23.1. The second-order valence-electron chi connectivity index (χ2n) is 6.86. The summed E-state index contributed by atoms with van der Waals surface area (Å²) in [7, 11) is 0. The summed E-state index contributed by atoms with van der Waals surface area (Å²) in [6, 6.07) is 4.16. The molecule has 3 heterocycles. The number of carbonyl (C=O) groups excluding carboxylic acids is 1. The van der Waals surface area contributed by atoms with Gasteiger partial charge in [0.2, 0.25) is 5.91 Å². The van der Waals surface area contributed by atoms with Crippen molar-refractivity contribution < 1.29 is 4.79 Å². The predicted molar refractivity (Wildman–Crippen MR) is 91.7 cm³/mol. The van der Waals surface area contributed by atoms with E-state index in [2.05, 4.69) is 22.5 Å². The molecule has 124 valence electrons. The monoisotopic (exact) mass is 313 g/mol. The lowest BCUT2D eigenvalue weighted by atomic mass is 9.83. The van der Waals surface area contributed by atoms with Crippen molar-refractivity contribution in [2.45, 2.75) is 32.2 Å². The standard InChI is InChI=1S/C19H27N3O/c1-2-4-19(23)22-12-8-18(15-22)17-6-10-21(11-7-17)14-16-5-3-9-20-13-16/h2-3,5,9,13,17-18H,1,4,6-8,10-12,14-15H2/t18-/m1/s1. The highest BCUT2D eigenvalue weighted by molar-refractivity contribution is 5.77. The molecular weight excluding hydrogens is 286 g/mol. The van der Waals surface area contributed by atoms with Crippen molar-refractivity contribution in [2.24, 2.45) is 11.8 Å². The highest BCUT2D eigenvalue weighted by atomic mass is 16.2. The molecule has 4 nitrogen and oxygen atoms in total. The summed E-state index contributed by atoms with van der Waals surface area (Å²) in [6.07, 6.45) is 9.68. The molecule has 1 aromatic heterocycles.